The summed E-state index contributed by atoms with van der Waals surface area (Å²) >= 11 is 1.40. The van der Waals surface area contributed by atoms with Crippen LogP contribution in [0.4, 0.5) is 17.2 Å². The highest BCUT2D eigenvalue weighted by molar-refractivity contribution is 7.99. The van der Waals surface area contributed by atoms with Crippen molar-refractivity contribution in [1.29, 1.82) is 0 Å². The molecule has 9 nitrogen and oxygen atoms in total. The van der Waals surface area contributed by atoms with Gasteiger partial charge in [0.25, 0.3) is 5.69 Å². The monoisotopic (exact) mass is 319 g/mol. The minimum atomic E-state index is -0.498. The van der Waals surface area contributed by atoms with Gasteiger partial charge < -0.3 is 10.6 Å². The highest BCUT2D eigenvalue weighted by Gasteiger charge is 2.26. The molecule has 0 radical (unpaired) electrons. The van der Waals surface area contributed by atoms with Gasteiger partial charge >= 0.3 is 0 Å². The summed E-state index contributed by atoms with van der Waals surface area (Å²) in [6.07, 6.45) is 0.961. The molecular weight excluding hydrogens is 306 g/mol. The van der Waals surface area contributed by atoms with Gasteiger partial charge in [-0.1, -0.05) is 11.8 Å². The van der Waals surface area contributed by atoms with Crippen molar-refractivity contribution in [3.05, 3.63) is 40.2 Å². The van der Waals surface area contributed by atoms with Crippen molar-refractivity contribution < 1.29 is 4.92 Å². The molecule has 5 N–H and O–H groups in total. The molecule has 2 aromatic rings. The van der Waals surface area contributed by atoms with Gasteiger partial charge in [-0.2, -0.15) is 0 Å². The van der Waals surface area contributed by atoms with E-state index in [1.165, 1.54) is 30.2 Å². The van der Waals surface area contributed by atoms with Crippen molar-refractivity contribution in [3.63, 3.8) is 0 Å². The lowest BCUT2D eigenvalue weighted by atomic mass is 10.1. The van der Waals surface area contributed by atoms with Gasteiger partial charge in [0.05, 0.1) is 4.92 Å². The van der Waals surface area contributed by atoms with Crippen LogP contribution in [0.3, 0.4) is 0 Å². The van der Waals surface area contributed by atoms with Gasteiger partial charge in [-0.15, -0.1) is 0 Å². The van der Waals surface area contributed by atoms with Crippen molar-refractivity contribution in [2.24, 2.45) is 5.84 Å². The van der Waals surface area contributed by atoms with Crippen LogP contribution in [0, 0.1) is 10.1 Å². The molecule has 0 amide bonds. The van der Waals surface area contributed by atoms with Crippen molar-refractivity contribution in [3.8, 4) is 0 Å². The van der Waals surface area contributed by atoms with E-state index in [1.54, 1.807) is 13.1 Å². The number of nitrogens with two attached hydrogens (primary N) is 1. The number of benzene rings is 1. The normalized spacial score (nSPS) is 16.0. The first-order chi connectivity index (χ1) is 10.6. The van der Waals surface area contributed by atoms with E-state index in [-0.39, 0.29) is 5.69 Å². The Hall–Kier alpha value is -2.43. The Balaban J connectivity index is 2.13. The van der Waals surface area contributed by atoms with Gasteiger partial charge in [0.1, 0.15) is 23.2 Å². The van der Waals surface area contributed by atoms with E-state index in [0.29, 0.717) is 22.1 Å². The lowest BCUT2D eigenvalue weighted by Crippen LogP contribution is -2.33. The van der Waals surface area contributed by atoms with E-state index < -0.39 is 11.1 Å². The maximum atomic E-state index is 11.0. The maximum absolute atomic E-state index is 11.0. The molecule has 1 aromatic heterocycles. The second-order valence-corrected chi connectivity index (χ2v) is 5.51. The second kappa shape index (κ2) is 5.75. The summed E-state index contributed by atoms with van der Waals surface area (Å²) in [5.41, 5.74) is 4.01. The SMILES string of the molecule is CNc1ncnc2c1NC(NN)c1cc([N+](=O)[O-])ccc1S2. The molecule has 0 aliphatic carbocycles. The Bertz CT molecular complexity index is 739. The van der Waals surface area contributed by atoms with Gasteiger partial charge in [0.15, 0.2) is 5.82 Å². The predicted octanol–water partition coefficient (Wildman–Crippen LogP) is 1.47. The van der Waals surface area contributed by atoms with Gasteiger partial charge in [0, 0.05) is 29.6 Å². The summed E-state index contributed by atoms with van der Waals surface area (Å²) in [7, 11) is 1.75. The van der Waals surface area contributed by atoms with Crippen LogP contribution in [-0.4, -0.2) is 21.9 Å². The first-order valence-electron chi connectivity index (χ1n) is 6.35. The lowest BCUT2D eigenvalue weighted by Gasteiger charge is -2.19. The highest BCUT2D eigenvalue weighted by atomic mass is 32.2. The molecule has 1 aliphatic heterocycles. The molecule has 2 heterocycles. The fraction of sp³-hybridized carbons (Fsp3) is 0.167. The molecule has 0 spiro atoms. The third kappa shape index (κ3) is 2.43. The number of anilines is 2. The fourth-order valence-electron chi connectivity index (χ4n) is 2.19. The molecular formula is C12H13N7O2S. The summed E-state index contributed by atoms with van der Waals surface area (Å²) in [5, 5.41) is 17.9. The highest BCUT2D eigenvalue weighted by Crippen LogP contribution is 2.43. The van der Waals surface area contributed by atoms with Crippen molar-refractivity contribution in [1.82, 2.24) is 15.4 Å². The second-order valence-electron chi connectivity index (χ2n) is 4.48. The number of hydrogen-bond acceptors (Lipinski definition) is 9. The van der Waals surface area contributed by atoms with E-state index in [4.69, 9.17) is 5.84 Å². The Labute approximate surface area is 129 Å². The minimum Gasteiger partial charge on any atom is -0.371 e. The van der Waals surface area contributed by atoms with Crippen LogP contribution in [0.15, 0.2) is 34.4 Å². The molecule has 0 saturated carbocycles. The summed E-state index contributed by atoms with van der Waals surface area (Å²) in [5.74, 6) is 6.23. The molecule has 22 heavy (non-hydrogen) atoms. The number of aromatic nitrogens is 2. The molecule has 114 valence electrons. The average Bonchev–Trinajstić information content (AvgIpc) is 2.69. The quantitative estimate of drug-likeness (QED) is 0.287. The van der Waals surface area contributed by atoms with E-state index in [0.717, 1.165) is 4.90 Å². The minimum absolute atomic E-state index is 0.00674. The molecule has 1 aliphatic rings. The third-order valence-corrected chi connectivity index (χ3v) is 4.32. The Morgan fingerprint density at radius 3 is 2.95 bits per heavy atom. The van der Waals surface area contributed by atoms with Gasteiger partial charge in [0.2, 0.25) is 0 Å². The summed E-state index contributed by atoms with van der Waals surface area (Å²) < 4.78 is 0. The topological polar surface area (TPSA) is 131 Å². The van der Waals surface area contributed by atoms with Crippen LogP contribution in [0.2, 0.25) is 0 Å². The van der Waals surface area contributed by atoms with Crippen molar-refractivity contribution >= 4 is 29.0 Å². The number of nitrogens with zero attached hydrogens (tertiary/aromatic N) is 3. The Kier molecular flexibility index (Phi) is 3.79. The zero-order valence-corrected chi connectivity index (χ0v) is 12.3. The van der Waals surface area contributed by atoms with Crippen LogP contribution in [0.25, 0.3) is 0 Å². The number of fused-ring (bicyclic) bond motifs is 2. The first-order valence-corrected chi connectivity index (χ1v) is 7.17. The molecule has 0 bridgehead atoms. The molecule has 1 unspecified atom stereocenters. The zero-order valence-electron chi connectivity index (χ0n) is 11.5. The number of nitro groups is 1. The zero-order chi connectivity index (χ0) is 15.7. The van der Waals surface area contributed by atoms with Crippen LogP contribution in [0.1, 0.15) is 11.7 Å². The summed E-state index contributed by atoms with van der Waals surface area (Å²) in [4.78, 5) is 19.8. The van der Waals surface area contributed by atoms with E-state index in [2.05, 4.69) is 26.0 Å². The largest absolute Gasteiger partial charge is 0.371 e. The summed E-state index contributed by atoms with van der Waals surface area (Å²) in [6.45, 7) is 0. The standard InChI is InChI=1S/C12H13N7O2S/c1-14-11-9-12(16-5-15-11)22-8-3-2-6(19(20)21)4-7(8)10(17-9)18-13/h2-5,10,17-18H,13H2,1H3,(H,14,15,16). The van der Waals surface area contributed by atoms with Crippen LogP contribution in [-0.2, 0) is 0 Å². The predicted molar refractivity (Wildman–Crippen MR) is 82.5 cm³/mol. The number of non-ortho nitro benzene ring substituents is 1. The molecule has 3 rings (SSSR count). The van der Waals surface area contributed by atoms with Crippen LogP contribution >= 0.6 is 11.8 Å². The Morgan fingerprint density at radius 2 is 2.27 bits per heavy atom. The maximum Gasteiger partial charge on any atom is 0.269 e. The lowest BCUT2D eigenvalue weighted by molar-refractivity contribution is -0.385. The number of rotatable bonds is 3. The number of nitro benzene ring substituents is 1. The molecule has 1 atom stereocenters. The van der Waals surface area contributed by atoms with E-state index in [1.807, 2.05) is 0 Å². The van der Waals surface area contributed by atoms with Gasteiger partial charge in [-0.25, -0.2) is 15.4 Å². The number of nitrogens with one attached hydrogen (secondary N) is 3. The number of hydrazine groups is 1. The van der Waals surface area contributed by atoms with E-state index >= 15 is 0 Å². The van der Waals surface area contributed by atoms with E-state index in [9.17, 15) is 10.1 Å². The van der Waals surface area contributed by atoms with Gasteiger partial charge in [-0.3, -0.25) is 16.0 Å². The molecule has 10 heteroatoms. The third-order valence-electron chi connectivity index (χ3n) is 3.23. The van der Waals surface area contributed by atoms with Gasteiger partial charge in [-0.05, 0) is 6.07 Å². The Morgan fingerprint density at radius 1 is 1.45 bits per heavy atom. The molecule has 0 saturated heterocycles. The first kappa shape index (κ1) is 14.5. The van der Waals surface area contributed by atoms with Crippen LogP contribution in [0.5, 0.6) is 0 Å². The smallest absolute Gasteiger partial charge is 0.269 e. The summed E-state index contributed by atoms with van der Waals surface area (Å²) in [6, 6.07) is 4.66. The number of hydrogen-bond donors (Lipinski definition) is 4. The fourth-order valence-corrected chi connectivity index (χ4v) is 3.19. The van der Waals surface area contributed by atoms with Crippen molar-refractivity contribution in [2.75, 3.05) is 17.7 Å². The van der Waals surface area contributed by atoms with Crippen LogP contribution < -0.4 is 21.9 Å². The average molecular weight is 319 g/mol. The van der Waals surface area contributed by atoms with Crippen molar-refractivity contribution in [2.45, 2.75) is 16.1 Å². The molecule has 0 fully saturated rings. The molecule has 1 aromatic carbocycles.